The van der Waals surface area contributed by atoms with Gasteiger partial charge in [0, 0.05) is 17.8 Å². The van der Waals surface area contributed by atoms with Crippen molar-refractivity contribution < 1.29 is 10.0 Å². The number of hydrogen-bond donors (Lipinski definition) is 3. The molecule has 20 heavy (non-hydrogen) atoms. The molecular weight excluding hydrogens is 256 g/mol. The number of oxime groups is 1. The summed E-state index contributed by atoms with van der Waals surface area (Å²) in [5.74, 6) is 0.356. The van der Waals surface area contributed by atoms with Crippen molar-refractivity contribution in [2.75, 3.05) is 0 Å². The average Bonchev–Trinajstić information content (AvgIpc) is 3.01. The van der Waals surface area contributed by atoms with E-state index in [4.69, 9.17) is 10.9 Å². The molecule has 1 aliphatic rings. The van der Waals surface area contributed by atoms with E-state index in [9.17, 15) is 4.79 Å². The van der Waals surface area contributed by atoms with Gasteiger partial charge >= 0.3 is 0 Å². The van der Waals surface area contributed by atoms with E-state index >= 15 is 0 Å². The molecule has 6 nitrogen and oxygen atoms in total. The van der Waals surface area contributed by atoms with E-state index in [1.54, 1.807) is 12.1 Å². The summed E-state index contributed by atoms with van der Waals surface area (Å²) in [6.45, 7) is 2.04. The maximum atomic E-state index is 12.1. The Morgan fingerprint density at radius 3 is 2.75 bits per heavy atom. The van der Waals surface area contributed by atoms with Gasteiger partial charge in [0.2, 0.25) is 0 Å². The number of amides is 1. The highest BCUT2D eigenvalue weighted by Gasteiger charge is 2.23. The van der Waals surface area contributed by atoms with E-state index in [0.717, 1.165) is 0 Å². The van der Waals surface area contributed by atoms with Gasteiger partial charge in [-0.3, -0.25) is 9.78 Å². The number of amidine groups is 1. The molecule has 6 heteroatoms. The minimum absolute atomic E-state index is 0.0243. The van der Waals surface area contributed by atoms with Crippen LogP contribution in [-0.4, -0.2) is 28.0 Å². The Morgan fingerprint density at radius 1 is 1.50 bits per heavy atom. The Bertz CT molecular complexity index is 492. The number of hydrogen-bond acceptors (Lipinski definition) is 4. The number of aromatic nitrogens is 1. The SMILES string of the molecule is CC(NC(=O)c1ccc(C(N)=NO)cn1)C1CCCC1. The van der Waals surface area contributed by atoms with E-state index in [2.05, 4.69) is 15.5 Å². The lowest BCUT2D eigenvalue weighted by Crippen LogP contribution is -2.37. The zero-order valence-electron chi connectivity index (χ0n) is 11.5. The molecule has 0 aromatic carbocycles. The summed E-state index contributed by atoms with van der Waals surface area (Å²) >= 11 is 0. The van der Waals surface area contributed by atoms with Gasteiger partial charge in [-0.05, 0) is 37.8 Å². The third-order valence-electron chi connectivity index (χ3n) is 3.87. The second-order valence-corrected chi connectivity index (χ2v) is 5.22. The van der Waals surface area contributed by atoms with Gasteiger partial charge in [0.05, 0.1) is 0 Å². The Balaban J connectivity index is 1.98. The number of nitrogens with zero attached hydrogens (tertiary/aromatic N) is 2. The molecule has 0 aliphatic heterocycles. The van der Waals surface area contributed by atoms with Crippen LogP contribution in [-0.2, 0) is 0 Å². The van der Waals surface area contributed by atoms with Crippen LogP contribution in [0.25, 0.3) is 0 Å². The Hall–Kier alpha value is -2.11. The van der Waals surface area contributed by atoms with E-state index in [-0.39, 0.29) is 17.8 Å². The molecule has 1 amide bonds. The largest absolute Gasteiger partial charge is 0.409 e. The smallest absolute Gasteiger partial charge is 0.270 e. The predicted molar refractivity (Wildman–Crippen MR) is 75.6 cm³/mol. The monoisotopic (exact) mass is 276 g/mol. The Morgan fingerprint density at radius 2 is 2.20 bits per heavy atom. The molecule has 1 aliphatic carbocycles. The normalized spacial score (nSPS) is 17.9. The van der Waals surface area contributed by atoms with Gasteiger partial charge < -0.3 is 16.3 Å². The van der Waals surface area contributed by atoms with Crippen LogP contribution in [0.4, 0.5) is 0 Å². The molecule has 0 bridgehead atoms. The molecule has 108 valence electrons. The highest BCUT2D eigenvalue weighted by molar-refractivity contribution is 5.98. The summed E-state index contributed by atoms with van der Waals surface area (Å²) in [6.07, 6.45) is 6.27. The van der Waals surface area contributed by atoms with Gasteiger partial charge in [-0.15, -0.1) is 0 Å². The molecule has 0 saturated heterocycles. The first-order chi connectivity index (χ1) is 9.61. The molecule has 1 atom stereocenters. The number of rotatable bonds is 4. The van der Waals surface area contributed by atoms with Gasteiger partial charge in [-0.1, -0.05) is 18.0 Å². The molecule has 0 radical (unpaired) electrons. The number of carbonyl (C=O) groups excluding carboxylic acids is 1. The summed E-state index contributed by atoms with van der Waals surface area (Å²) in [4.78, 5) is 16.1. The summed E-state index contributed by atoms with van der Waals surface area (Å²) < 4.78 is 0. The van der Waals surface area contributed by atoms with E-state index < -0.39 is 0 Å². The fourth-order valence-corrected chi connectivity index (χ4v) is 2.59. The topological polar surface area (TPSA) is 101 Å². The van der Waals surface area contributed by atoms with Gasteiger partial charge in [-0.2, -0.15) is 0 Å². The highest BCUT2D eigenvalue weighted by atomic mass is 16.4. The molecule has 1 aromatic rings. The third kappa shape index (κ3) is 3.26. The van der Waals surface area contributed by atoms with Crippen molar-refractivity contribution in [3.05, 3.63) is 29.6 Å². The van der Waals surface area contributed by atoms with Crippen molar-refractivity contribution >= 4 is 11.7 Å². The quantitative estimate of drug-likeness (QED) is 0.335. The lowest BCUT2D eigenvalue weighted by atomic mass is 10.00. The van der Waals surface area contributed by atoms with E-state index in [1.165, 1.54) is 31.9 Å². The fourth-order valence-electron chi connectivity index (χ4n) is 2.59. The number of carbonyl (C=O) groups is 1. The first-order valence-electron chi connectivity index (χ1n) is 6.86. The molecule has 1 fully saturated rings. The lowest BCUT2D eigenvalue weighted by molar-refractivity contribution is 0.0922. The standard InChI is InChI=1S/C14H20N4O2/c1-9(10-4-2-3-5-10)17-14(19)12-7-6-11(8-16-12)13(15)18-20/h6-10,20H,2-5H2,1H3,(H2,15,18)(H,17,19). The molecule has 0 spiro atoms. The minimum atomic E-state index is -0.185. The third-order valence-corrected chi connectivity index (χ3v) is 3.87. The molecular formula is C14H20N4O2. The Kier molecular flexibility index (Phi) is 4.55. The van der Waals surface area contributed by atoms with Crippen LogP contribution in [0.1, 0.15) is 48.7 Å². The molecule has 1 heterocycles. The molecule has 1 aromatic heterocycles. The number of nitrogens with two attached hydrogens (primary N) is 1. The van der Waals surface area contributed by atoms with Crippen LogP contribution in [0.2, 0.25) is 0 Å². The van der Waals surface area contributed by atoms with Crippen molar-refractivity contribution in [2.24, 2.45) is 16.8 Å². The number of pyridine rings is 1. The maximum Gasteiger partial charge on any atom is 0.270 e. The fraction of sp³-hybridized carbons (Fsp3) is 0.500. The van der Waals surface area contributed by atoms with Crippen molar-refractivity contribution in [2.45, 2.75) is 38.6 Å². The van der Waals surface area contributed by atoms with Crippen LogP contribution in [0, 0.1) is 5.92 Å². The van der Waals surface area contributed by atoms with E-state index in [1.807, 2.05) is 6.92 Å². The first kappa shape index (κ1) is 14.3. The van der Waals surface area contributed by atoms with E-state index in [0.29, 0.717) is 17.2 Å². The Labute approximate surface area is 118 Å². The maximum absolute atomic E-state index is 12.1. The molecule has 1 saturated carbocycles. The molecule has 4 N–H and O–H groups in total. The van der Waals surface area contributed by atoms with Crippen molar-refractivity contribution in [3.63, 3.8) is 0 Å². The highest BCUT2D eigenvalue weighted by Crippen LogP contribution is 2.27. The van der Waals surface area contributed by atoms with Gasteiger partial charge in [-0.25, -0.2) is 0 Å². The van der Waals surface area contributed by atoms with Gasteiger partial charge in [0.1, 0.15) is 5.69 Å². The van der Waals surface area contributed by atoms with Gasteiger partial charge in [0.15, 0.2) is 5.84 Å². The van der Waals surface area contributed by atoms with Crippen molar-refractivity contribution in [1.29, 1.82) is 0 Å². The summed E-state index contributed by atoms with van der Waals surface area (Å²) in [6, 6.07) is 3.34. The summed E-state index contributed by atoms with van der Waals surface area (Å²) in [7, 11) is 0. The summed E-state index contributed by atoms with van der Waals surface area (Å²) in [5, 5.41) is 14.4. The summed E-state index contributed by atoms with van der Waals surface area (Å²) in [5.41, 5.74) is 6.26. The van der Waals surface area contributed by atoms with Crippen molar-refractivity contribution in [3.8, 4) is 0 Å². The predicted octanol–water partition coefficient (Wildman–Crippen LogP) is 1.48. The molecule has 1 unspecified atom stereocenters. The second kappa shape index (κ2) is 6.36. The average molecular weight is 276 g/mol. The van der Waals surface area contributed by atoms with Crippen LogP contribution in [0.3, 0.4) is 0 Å². The molecule has 2 rings (SSSR count). The minimum Gasteiger partial charge on any atom is -0.409 e. The van der Waals surface area contributed by atoms with Crippen LogP contribution in [0.15, 0.2) is 23.5 Å². The van der Waals surface area contributed by atoms with Crippen LogP contribution in [0.5, 0.6) is 0 Å². The zero-order chi connectivity index (χ0) is 14.5. The van der Waals surface area contributed by atoms with Crippen LogP contribution >= 0.6 is 0 Å². The first-order valence-corrected chi connectivity index (χ1v) is 6.86. The van der Waals surface area contributed by atoms with Crippen molar-refractivity contribution in [1.82, 2.24) is 10.3 Å². The lowest BCUT2D eigenvalue weighted by Gasteiger charge is -2.20. The number of nitrogens with one attached hydrogen (secondary N) is 1. The van der Waals surface area contributed by atoms with Gasteiger partial charge in [0.25, 0.3) is 5.91 Å². The zero-order valence-corrected chi connectivity index (χ0v) is 11.5. The van der Waals surface area contributed by atoms with Crippen LogP contribution < -0.4 is 11.1 Å². The second-order valence-electron chi connectivity index (χ2n) is 5.22.